The second-order valence-corrected chi connectivity index (χ2v) is 6.22. The van der Waals surface area contributed by atoms with E-state index in [2.05, 4.69) is 34.1 Å². The van der Waals surface area contributed by atoms with E-state index in [1.807, 2.05) is 30.3 Å². The molecule has 6 heteroatoms. The fraction of sp³-hybridized carbons (Fsp3) is 0.300. The van der Waals surface area contributed by atoms with Crippen molar-refractivity contribution < 1.29 is 14.0 Å². The van der Waals surface area contributed by atoms with Crippen LogP contribution in [-0.2, 0) is 4.74 Å². The van der Waals surface area contributed by atoms with Gasteiger partial charge in [-0.15, -0.1) is 0 Å². The fourth-order valence-electron chi connectivity index (χ4n) is 3.23. The van der Waals surface area contributed by atoms with E-state index in [1.165, 1.54) is 11.3 Å². The summed E-state index contributed by atoms with van der Waals surface area (Å²) in [6.45, 7) is 5.48. The Morgan fingerprint density at radius 1 is 1.08 bits per heavy atom. The number of hydrogen-bond donors (Lipinski definition) is 0. The number of rotatable bonds is 4. The van der Waals surface area contributed by atoms with E-state index in [0.717, 1.165) is 43.2 Å². The van der Waals surface area contributed by atoms with Crippen LogP contribution < -0.4 is 9.64 Å². The molecule has 1 aliphatic rings. The van der Waals surface area contributed by atoms with E-state index < -0.39 is 0 Å². The highest BCUT2D eigenvalue weighted by Gasteiger charge is 2.17. The van der Waals surface area contributed by atoms with Gasteiger partial charge >= 0.3 is 0 Å². The number of morpholine rings is 1. The normalized spacial score (nSPS) is 14.5. The highest BCUT2D eigenvalue weighted by molar-refractivity contribution is 5.68. The lowest BCUT2D eigenvalue weighted by atomic mass is 10.1. The van der Waals surface area contributed by atoms with Gasteiger partial charge in [-0.05, 0) is 42.8 Å². The number of anilines is 1. The standard InChI is InChI=1S/C20H21N3O3/c1-14-13-15(7-8-17(14)23-9-11-25-12-10-23)20-21-19(22-26-20)16-5-3-4-6-18(16)24-2/h3-8,13H,9-12H2,1-2H3. The second-order valence-electron chi connectivity index (χ2n) is 6.22. The molecular formula is C20H21N3O3. The summed E-state index contributed by atoms with van der Waals surface area (Å²) >= 11 is 0. The molecule has 0 amide bonds. The van der Waals surface area contributed by atoms with E-state index in [-0.39, 0.29) is 0 Å². The first-order valence-electron chi connectivity index (χ1n) is 8.67. The van der Waals surface area contributed by atoms with E-state index in [0.29, 0.717) is 11.7 Å². The molecule has 26 heavy (non-hydrogen) atoms. The first-order valence-corrected chi connectivity index (χ1v) is 8.67. The first-order chi connectivity index (χ1) is 12.8. The number of para-hydroxylation sites is 1. The van der Waals surface area contributed by atoms with Crippen LogP contribution in [0.1, 0.15) is 5.56 Å². The summed E-state index contributed by atoms with van der Waals surface area (Å²) in [4.78, 5) is 6.90. The molecule has 0 radical (unpaired) electrons. The van der Waals surface area contributed by atoms with E-state index in [9.17, 15) is 0 Å². The molecule has 0 atom stereocenters. The van der Waals surface area contributed by atoms with Gasteiger partial charge in [-0.25, -0.2) is 0 Å². The van der Waals surface area contributed by atoms with Crippen LogP contribution in [0, 0.1) is 6.92 Å². The monoisotopic (exact) mass is 351 g/mol. The van der Waals surface area contributed by atoms with Gasteiger partial charge in [0.05, 0.1) is 25.9 Å². The van der Waals surface area contributed by atoms with Gasteiger partial charge < -0.3 is 18.9 Å². The van der Waals surface area contributed by atoms with Crippen molar-refractivity contribution in [2.75, 3.05) is 38.3 Å². The molecule has 1 saturated heterocycles. The smallest absolute Gasteiger partial charge is 0.258 e. The zero-order valence-corrected chi connectivity index (χ0v) is 14.9. The Balaban J connectivity index is 1.62. The van der Waals surface area contributed by atoms with Crippen LogP contribution in [0.2, 0.25) is 0 Å². The second kappa shape index (κ2) is 7.17. The largest absolute Gasteiger partial charge is 0.496 e. The quantitative estimate of drug-likeness (QED) is 0.716. The maximum atomic E-state index is 5.49. The van der Waals surface area contributed by atoms with Crippen LogP contribution in [0.4, 0.5) is 5.69 Å². The lowest BCUT2D eigenvalue weighted by Crippen LogP contribution is -2.36. The lowest BCUT2D eigenvalue weighted by molar-refractivity contribution is 0.122. The van der Waals surface area contributed by atoms with Crippen LogP contribution in [0.3, 0.4) is 0 Å². The Kier molecular flexibility index (Phi) is 4.58. The number of ether oxygens (including phenoxy) is 2. The molecule has 134 valence electrons. The van der Waals surface area contributed by atoms with E-state index in [4.69, 9.17) is 14.0 Å². The highest BCUT2D eigenvalue weighted by Crippen LogP contribution is 2.31. The average Bonchev–Trinajstić information content (AvgIpc) is 3.18. The number of hydrogen-bond acceptors (Lipinski definition) is 6. The number of benzene rings is 2. The van der Waals surface area contributed by atoms with Crippen LogP contribution in [-0.4, -0.2) is 43.6 Å². The SMILES string of the molecule is COc1ccccc1-c1noc(-c2ccc(N3CCOCC3)c(C)c2)n1. The molecule has 0 bridgehead atoms. The van der Waals surface area contributed by atoms with Gasteiger partial charge in [0.25, 0.3) is 5.89 Å². The molecule has 2 aromatic carbocycles. The molecular weight excluding hydrogens is 330 g/mol. The minimum atomic E-state index is 0.502. The van der Waals surface area contributed by atoms with Crippen LogP contribution in [0.5, 0.6) is 5.75 Å². The Labute approximate surface area is 152 Å². The van der Waals surface area contributed by atoms with Crippen LogP contribution in [0.25, 0.3) is 22.8 Å². The summed E-state index contributed by atoms with van der Waals surface area (Å²) in [5.41, 5.74) is 4.13. The predicted octanol–water partition coefficient (Wildman–Crippen LogP) is 3.56. The molecule has 4 rings (SSSR count). The van der Waals surface area contributed by atoms with Gasteiger partial charge in [-0.3, -0.25) is 0 Å². The van der Waals surface area contributed by atoms with Crippen molar-refractivity contribution in [3.05, 3.63) is 48.0 Å². The summed E-state index contributed by atoms with van der Waals surface area (Å²) in [5, 5.41) is 4.12. The molecule has 1 aliphatic heterocycles. The predicted molar refractivity (Wildman–Crippen MR) is 99.5 cm³/mol. The third kappa shape index (κ3) is 3.15. The van der Waals surface area contributed by atoms with E-state index in [1.54, 1.807) is 7.11 Å². The molecule has 2 heterocycles. The molecule has 3 aromatic rings. The summed E-state index contributed by atoms with van der Waals surface area (Å²) in [7, 11) is 1.63. The fourth-order valence-corrected chi connectivity index (χ4v) is 3.23. The molecule has 0 saturated carbocycles. The average molecular weight is 351 g/mol. The summed E-state index contributed by atoms with van der Waals surface area (Å²) in [5.74, 6) is 1.74. The minimum Gasteiger partial charge on any atom is -0.496 e. The van der Waals surface area contributed by atoms with Crippen molar-refractivity contribution in [2.45, 2.75) is 6.92 Å². The van der Waals surface area contributed by atoms with Crippen molar-refractivity contribution in [1.29, 1.82) is 0 Å². The maximum Gasteiger partial charge on any atom is 0.258 e. The Morgan fingerprint density at radius 3 is 2.65 bits per heavy atom. The number of aromatic nitrogens is 2. The molecule has 1 aromatic heterocycles. The number of nitrogens with zero attached hydrogens (tertiary/aromatic N) is 3. The Bertz CT molecular complexity index is 901. The molecule has 6 nitrogen and oxygen atoms in total. The molecule has 0 aliphatic carbocycles. The molecule has 0 spiro atoms. The zero-order chi connectivity index (χ0) is 17.9. The number of aryl methyl sites for hydroxylation is 1. The van der Waals surface area contributed by atoms with Crippen LogP contribution in [0.15, 0.2) is 47.0 Å². The van der Waals surface area contributed by atoms with Crippen molar-refractivity contribution in [3.8, 4) is 28.6 Å². The number of methoxy groups -OCH3 is 1. The van der Waals surface area contributed by atoms with Gasteiger partial charge in [0.2, 0.25) is 5.82 Å². The zero-order valence-electron chi connectivity index (χ0n) is 14.9. The minimum absolute atomic E-state index is 0.502. The van der Waals surface area contributed by atoms with Gasteiger partial charge in [-0.1, -0.05) is 17.3 Å². The maximum absolute atomic E-state index is 5.49. The summed E-state index contributed by atoms with van der Waals surface area (Å²) in [6.07, 6.45) is 0. The van der Waals surface area contributed by atoms with Crippen LogP contribution >= 0.6 is 0 Å². The van der Waals surface area contributed by atoms with Gasteiger partial charge in [-0.2, -0.15) is 4.98 Å². The van der Waals surface area contributed by atoms with Gasteiger partial charge in [0, 0.05) is 24.3 Å². The van der Waals surface area contributed by atoms with Crippen molar-refractivity contribution in [2.24, 2.45) is 0 Å². The third-order valence-corrected chi connectivity index (χ3v) is 4.57. The van der Waals surface area contributed by atoms with Crippen molar-refractivity contribution in [1.82, 2.24) is 10.1 Å². The topological polar surface area (TPSA) is 60.6 Å². The first kappa shape index (κ1) is 16.6. The Morgan fingerprint density at radius 2 is 1.88 bits per heavy atom. The highest BCUT2D eigenvalue weighted by atomic mass is 16.5. The molecule has 1 fully saturated rings. The van der Waals surface area contributed by atoms with Gasteiger partial charge in [0.15, 0.2) is 0 Å². The van der Waals surface area contributed by atoms with Crippen molar-refractivity contribution in [3.63, 3.8) is 0 Å². The third-order valence-electron chi connectivity index (χ3n) is 4.57. The van der Waals surface area contributed by atoms with E-state index >= 15 is 0 Å². The summed E-state index contributed by atoms with van der Waals surface area (Å²) < 4.78 is 16.3. The van der Waals surface area contributed by atoms with Gasteiger partial charge in [0.1, 0.15) is 5.75 Å². The molecule has 0 unspecified atom stereocenters. The molecule has 0 N–H and O–H groups in total. The summed E-state index contributed by atoms with van der Waals surface area (Å²) in [6, 6.07) is 13.9. The lowest BCUT2D eigenvalue weighted by Gasteiger charge is -2.30. The van der Waals surface area contributed by atoms with Crippen molar-refractivity contribution >= 4 is 5.69 Å². The Hall–Kier alpha value is -2.86.